The molecule has 0 aliphatic carbocycles. The highest BCUT2D eigenvalue weighted by atomic mass is 19.1. The molecule has 0 unspecified atom stereocenters. The van der Waals surface area contributed by atoms with Crippen molar-refractivity contribution in [2.24, 2.45) is 0 Å². The number of methoxy groups -OCH3 is 1. The highest BCUT2D eigenvalue weighted by Gasteiger charge is 2.32. The minimum Gasteiger partial charge on any atom is -0.491 e. The van der Waals surface area contributed by atoms with E-state index in [0.717, 1.165) is 5.56 Å². The van der Waals surface area contributed by atoms with Gasteiger partial charge in [-0.05, 0) is 13.0 Å². The Kier molecular flexibility index (Phi) is 5.68. The van der Waals surface area contributed by atoms with Gasteiger partial charge in [-0.25, -0.2) is 8.78 Å². The molecule has 2 aromatic carbocycles. The Balaban J connectivity index is 1.40. The molecule has 8 nitrogen and oxygen atoms in total. The lowest BCUT2D eigenvalue weighted by atomic mass is 10.1. The van der Waals surface area contributed by atoms with Crippen molar-refractivity contribution in [1.29, 1.82) is 0 Å². The van der Waals surface area contributed by atoms with E-state index in [1.165, 1.54) is 30.2 Å². The van der Waals surface area contributed by atoms with Crippen molar-refractivity contribution < 1.29 is 32.6 Å². The van der Waals surface area contributed by atoms with Crippen LogP contribution in [0.5, 0.6) is 11.5 Å². The molecule has 1 atom stereocenters. The fourth-order valence-electron chi connectivity index (χ4n) is 3.92. The number of benzene rings is 2. The minimum absolute atomic E-state index is 0.173. The summed E-state index contributed by atoms with van der Waals surface area (Å²) in [5.74, 6) is -3.63. The van der Waals surface area contributed by atoms with Gasteiger partial charge >= 0.3 is 17.8 Å². The van der Waals surface area contributed by atoms with E-state index in [2.05, 4.69) is 5.32 Å². The van der Waals surface area contributed by atoms with Crippen molar-refractivity contribution in [3.05, 3.63) is 47.5 Å². The Bertz CT molecular complexity index is 1080. The van der Waals surface area contributed by atoms with E-state index in [9.17, 15) is 23.2 Å². The zero-order valence-electron chi connectivity index (χ0n) is 17.5. The molecule has 2 aliphatic rings. The number of carbonyl (C=O) groups is 3. The number of anilines is 2. The van der Waals surface area contributed by atoms with Crippen LogP contribution in [0.3, 0.4) is 0 Å². The minimum atomic E-state index is -0.823. The number of rotatable bonds is 3. The summed E-state index contributed by atoms with van der Waals surface area (Å²) < 4.78 is 37.9. The summed E-state index contributed by atoms with van der Waals surface area (Å²) in [4.78, 5) is 39.7. The summed E-state index contributed by atoms with van der Waals surface area (Å²) in [6.07, 6.45) is 0.173. The molecule has 2 heterocycles. The Morgan fingerprint density at radius 1 is 1.16 bits per heavy atom. The topological polar surface area (TPSA) is 88.2 Å². The van der Waals surface area contributed by atoms with Crippen LogP contribution in [0, 0.1) is 11.6 Å². The molecule has 1 saturated heterocycles. The van der Waals surface area contributed by atoms with Gasteiger partial charge in [0.05, 0.1) is 13.5 Å². The number of nitrogens with one attached hydrogen (secondary N) is 1. The molecule has 1 N–H and O–H groups in total. The Morgan fingerprint density at radius 2 is 1.88 bits per heavy atom. The van der Waals surface area contributed by atoms with Gasteiger partial charge in [0.2, 0.25) is 0 Å². The van der Waals surface area contributed by atoms with Crippen LogP contribution in [-0.2, 0) is 20.8 Å². The molecular weight excluding hydrogens is 424 g/mol. The predicted molar refractivity (Wildman–Crippen MR) is 111 cm³/mol. The molecule has 1 fully saturated rings. The molecule has 0 spiro atoms. The SMILES string of the molecule is COc1c(F)cc(N2CCN(C(=O)C(=O)Nc3ccc4c(c3)OC(=O)C4)[C@H](C)C2)cc1F. The molecule has 32 heavy (non-hydrogen) atoms. The number of piperazine rings is 1. The van der Waals surface area contributed by atoms with Gasteiger partial charge in [0.25, 0.3) is 0 Å². The fourth-order valence-corrected chi connectivity index (χ4v) is 3.92. The average molecular weight is 445 g/mol. The van der Waals surface area contributed by atoms with E-state index in [4.69, 9.17) is 9.47 Å². The van der Waals surface area contributed by atoms with Gasteiger partial charge in [-0.1, -0.05) is 6.07 Å². The summed E-state index contributed by atoms with van der Waals surface area (Å²) in [5.41, 5.74) is 1.39. The van der Waals surface area contributed by atoms with Gasteiger partial charge in [0.1, 0.15) is 5.75 Å². The number of hydrogen-bond donors (Lipinski definition) is 1. The Morgan fingerprint density at radius 3 is 2.53 bits per heavy atom. The lowest BCUT2D eigenvalue weighted by Crippen LogP contribution is -2.56. The number of amides is 2. The molecule has 0 bridgehead atoms. The van der Waals surface area contributed by atoms with Crippen molar-refractivity contribution in [2.45, 2.75) is 19.4 Å². The molecule has 4 rings (SSSR count). The molecule has 10 heteroatoms. The summed E-state index contributed by atoms with van der Waals surface area (Å²) in [6.45, 7) is 2.54. The number of hydrogen-bond acceptors (Lipinski definition) is 6. The number of carbonyl (C=O) groups excluding carboxylic acids is 3. The normalized spacial score (nSPS) is 17.6. The zero-order chi connectivity index (χ0) is 23.0. The molecule has 2 aromatic rings. The van der Waals surface area contributed by atoms with Crippen molar-refractivity contribution >= 4 is 29.2 Å². The van der Waals surface area contributed by atoms with Crippen molar-refractivity contribution in [2.75, 3.05) is 37.0 Å². The molecule has 0 aromatic heterocycles. The lowest BCUT2D eigenvalue weighted by Gasteiger charge is -2.40. The highest BCUT2D eigenvalue weighted by Crippen LogP contribution is 2.30. The summed E-state index contributed by atoms with van der Waals surface area (Å²) in [6, 6.07) is 6.74. The number of nitrogens with zero attached hydrogens (tertiary/aromatic N) is 2. The van der Waals surface area contributed by atoms with E-state index in [0.29, 0.717) is 30.2 Å². The maximum absolute atomic E-state index is 14.0. The zero-order valence-corrected chi connectivity index (χ0v) is 17.5. The van der Waals surface area contributed by atoms with Crippen molar-refractivity contribution in [1.82, 2.24) is 4.90 Å². The molecule has 2 amide bonds. The lowest BCUT2D eigenvalue weighted by molar-refractivity contribution is -0.144. The number of esters is 1. The monoisotopic (exact) mass is 445 g/mol. The first-order valence-electron chi connectivity index (χ1n) is 10.0. The number of halogens is 2. The smallest absolute Gasteiger partial charge is 0.315 e. The number of ether oxygens (including phenoxy) is 2. The Labute approximate surface area is 182 Å². The maximum Gasteiger partial charge on any atom is 0.315 e. The van der Waals surface area contributed by atoms with Crippen LogP contribution < -0.4 is 19.7 Å². The van der Waals surface area contributed by atoms with Crippen LogP contribution in [0.1, 0.15) is 12.5 Å². The van der Waals surface area contributed by atoms with Crippen LogP contribution in [0.25, 0.3) is 0 Å². The van der Waals surface area contributed by atoms with Crippen molar-refractivity contribution in [3.8, 4) is 11.5 Å². The van der Waals surface area contributed by atoms with Gasteiger partial charge in [0, 0.05) is 60.8 Å². The predicted octanol–water partition coefficient (Wildman–Crippen LogP) is 2.11. The van der Waals surface area contributed by atoms with Crippen LogP contribution >= 0.6 is 0 Å². The largest absolute Gasteiger partial charge is 0.491 e. The molecule has 2 aliphatic heterocycles. The van der Waals surface area contributed by atoms with Crippen LogP contribution in [-0.4, -0.2) is 55.5 Å². The summed E-state index contributed by atoms with van der Waals surface area (Å²) in [5, 5.41) is 2.53. The van der Waals surface area contributed by atoms with Crippen LogP contribution in [0.15, 0.2) is 30.3 Å². The number of fused-ring (bicyclic) bond motifs is 1. The van der Waals surface area contributed by atoms with Gasteiger partial charge in [-0.15, -0.1) is 0 Å². The highest BCUT2D eigenvalue weighted by molar-refractivity contribution is 6.39. The van der Waals surface area contributed by atoms with E-state index < -0.39 is 29.2 Å². The summed E-state index contributed by atoms with van der Waals surface area (Å²) in [7, 11) is 1.19. The molecular formula is C22H21F2N3O5. The van der Waals surface area contributed by atoms with E-state index >= 15 is 0 Å². The van der Waals surface area contributed by atoms with Gasteiger partial charge in [-0.2, -0.15) is 0 Å². The molecule has 168 valence electrons. The quantitative estimate of drug-likeness (QED) is 0.442. The first-order chi connectivity index (χ1) is 15.3. The maximum atomic E-state index is 14.0. The molecule has 0 radical (unpaired) electrons. The fraction of sp³-hybridized carbons (Fsp3) is 0.318. The third-order valence-corrected chi connectivity index (χ3v) is 5.52. The molecule has 0 saturated carbocycles. The van der Waals surface area contributed by atoms with Gasteiger partial charge < -0.3 is 24.6 Å². The third-order valence-electron chi connectivity index (χ3n) is 5.52. The van der Waals surface area contributed by atoms with E-state index in [1.807, 2.05) is 0 Å². The van der Waals surface area contributed by atoms with Crippen molar-refractivity contribution in [3.63, 3.8) is 0 Å². The van der Waals surface area contributed by atoms with Crippen LogP contribution in [0.4, 0.5) is 20.2 Å². The Hall–Kier alpha value is -3.69. The second kappa shape index (κ2) is 8.45. The average Bonchev–Trinajstić information content (AvgIpc) is 3.12. The van der Waals surface area contributed by atoms with E-state index in [-0.39, 0.29) is 25.0 Å². The second-order valence-electron chi connectivity index (χ2n) is 7.66. The van der Waals surface area contributed by atoms with Crippen LogP contribution in [0.2, 0.25) is 0 Å². The first-order valence-corrected chi connectivity index (χ1v) is 10.0. The summed E-state index contributed by atoms with van der Waals surface area (Å²) >= 11 is 0. The van der Waals surface area contributed by atoms with Gasteiger partial charge in [0.15, 0.2) is 17.4 Å². The standard InChI is InChI=1S/C22H21F2N3O5/c1-12-11-26(15-9-16(23)20(31-2)17(24)10-15)5-6-27(12)22(30)21(29)25-14-4-3-13-7-19(28)32-18(13)8-14/h3-4,8-10,12H,5-7,11H2,1-2H3,(H,25,29)/t12-/m1/s1. The second-order valence-corrected chi connectivity index (χ2v) is 7.66. The third kappa shape index (κ3) is 4.08. The van der Waals surface area contributed by atoms with E-state index in [1.54, 1.807) is 24.0 Å². The first kappa shape index (κ1) is 21.5. The van der Waals surface area contributed by atoms with Gasteiger partial charge in [-0.3, -0.25) is 14.4 Å².